The van der Waals surface area contributed by atoms with Crippen LogP contribution in [0.3, 0.4) is 0 Å². The molecule has 0 aromatic heterocycles. The van der Waals surface area contributed by atoms with Crippen LogP contribution in [-0.2, 0) is 4.79 Å². The third-order valence-electron chi connectivity index (χ3n) is 2.89. The molecule has 15 heavy (non-hydrogen) atoms. The summed E-state index contributed by atoms with van der Waals surface area (Å²) < 4.78 is 0. The quantitative estimate of drug-likeness (QED) is 0.552. The van der Waals surface area contributed by atoms with Gasteiger partial charge in [-0.1, -0.05) is 58.8 Å². The Morgan fingerprint density at radius 2 is 1.67 bits per heavy atom. The smallest absolute Gasteiger partial charge is 0.303 e. The summed E-state index contributed by atoms with van der Waals surface area (Å²) in [6, 6.07) is 0. The van der Waals surface area contributed by atoms with Crippen molar-refractivity contribution in [1.29, 1.82) is 0 Å². The monoisotopic (exact) mass is 214 g/mol. The summed E-state index contributed by atoms with van der Waals surface area (Å²) in [7, 11) is 0. The van der Waals surface area contributed by atoms with Crippen LogP contribution in [0.25, 0.3) is 0 Å². The molecule has 0 fully saturated rings. The number of carboxylic acid groups (broad SMARTS) is 1. The molecule has 0 rings (SSSR count). The maximum atomic E-state index is 10.3. The average molecular weight is 214 g/mol. The minimum absolute atomic E-state index is 0.336. The molecule has 0 amide bonds. The lowest BCUT2D eigenvalue weighted by Gasteiger charge is -2.10. The highest BCUT2D eigenvalue weighted by molar-refractivity contribution is 5.66. The molecule has 1 N–H and O–H groups in total. The van der Waals surface area contributed by atoms with Gasteiger partial charge in [0.1, 0.15) is 0 Å². The number of carbonyl (C=O) groups is 1. The molecule has 0 aromatic rings. The van der Waals surface area contributed by atoms with E-state index in [1.165, 1.54) is 38.5 Å². The van der Waals surface area contributed by atoms with Crippen LogP contribution >= 0.6 is 0 Å². The summed E-state index contributed by atoms with van der Waals surface area (Å²) in [6.45, 7) is 4.52. The Labute approximate surface area is 94.1 Å². The molecule has 0 aliphatic heterocycles. The molecule has 1 atom stereocenters. The number of carboxylic acids is 1. The van der Waals surface area contributed by atoms with E-state index in [1.54, 1.807) is 0 Å². The summed E-state index contributed by atoms with van der Waals surface area (Å²) in [4.78, 5) is 10.3. The molecule has 0 aliphatic rings. The van der Waals surface area contributed by atoms with Crippen LogP contribution in [0.15, 0.2) is 0 Å². The van der Waals surface area contributed by atoms with Gasteiger partial charge in [-0.25, -0.2) is 0 Å². The number of rotatable bonds is 10. The fourth-order valence-corrected chi connectivity index (χ4v) is 1.83. The Morgan fingerprint density at radius 3 is 2.20 bits per heavy atom. The Balaban J connectivity index is 3.18. The summed E-state index contributed by atoms with van der Waals surface area (Å²) in [5.74, 6) is 0.112. The van der Waals surface area contributed by atoms with Crippen LogP contribution in [0, 0.1) is 5.92 Å². The van der Waals surface area contributed by atoms with Gasteiger partial charge in [-0.15, -0.1) is 0 Å². The number of hydrogen-bond donors (Lipinski definition) is 1. The van der Waals surface area contributed by atoms with Crippen molar-refractivity contribution in [2.45, 2.75) is 71.6 Å². The first-order valence-electron chi connectivity index (χ1n) is 6.38. The van der Waals surface area contributed by atoms with Gasteiger partial charge in [0.2, 0.25) is 0 Å². The zero-order chi connectivity index (χ0) is 11.5. The van der Waals surface area contributed by atoms with Crippen LogP contribution in [0.2, 0.25) is 0 Å². The molecule has 0 bridgehead atoms. The summed E-state index contributed by atoms with van der Waals surface area (Å²) in [6.07, 6.45) is 10.1. The van der Waals surface area contributed by atoms with Gasteiger partial charge in [0, 0.05) is 6.42 Å². The predicted molar refractivity (Wildman–Crippen MR) is 64.0 cm³/mol. The van der Waals surface area contributed by atoms with Crippen LogP contribution < -0.4 is 0 Å². The predicted octanol–water partition coefficient (Wildman–Crippen LogP) is 4.24. The Hall–Kier alpha value is -0.530. The minimum atomic E-state index is -0.661. The van der Waals surface area contributed by atoms with E-state index >= 15 is 0 Å². The van der Waals surface area contributed by atoms with Crippen LogP contribution in [-0.4, -0.2) is 11.1 Å². The molecule has 0 radical (unpaired) electrons. The molecule has 2 nitrogen and oxygen atoms in total. The molecule has 0 saturated carbocycles. The molecular formula is C13H26O2. The lowest BCUT2D eigenvalue weighted by Crippen LogP contribution is -1.97. The van der Waals surface area contributed by atoms with Crippen molar-refractivity contribution in [2.24, 2.45) is 5.92 Å². The summed E-state index contributed by atoms with van der Waals surface area (Å²) >= 11 is 0. The molecule has 0 heterocycles. The standard InChI is InChI=1S/C13H26O2/c1-3-4-5-6-9-12(2)10-7-8-11-13(14)15/h12H,3-11H2,1-2H3,(H,14,15). The second-order valence-corrected chi connectivity index (χ2v) is 4.59. The molecular weight excluding hydrogens is 188 g/mol. The van der Waals surface area contributed by atoms with Gasteiger partial charge in [0.15, 0.2) is 0 Å². The Bertz CT molecular complexity index is 155. The fraction of sp³-hybridized carbons (Fsp3) is 0.923. The first-order chi connectivity index (χ1) is 7.16. The second kappa shape index (κ2) is 10.0. The van der Waals surface area contributed by atoms with Crippen molar-refractivity contribution < 1.29 is 9.90 Å². The topological polar surface area (TPSA) is 37.3 Å². The van der Waals surface area contributed by atoms with Crippen LogP contribution in [0.4, 0.5) is 0 Å². The SMILES string of the molecule is CCCCCCC(C)CCCCC(=O)O. The summed E-state index contributed by atoms with van der Waals surface area (Å²) in [5.41, 5.74) is 0. The van der Waals surface area contributed by atoms with E-state index in [2.05, 4.69) is 13.8 Å². The van der Waals surface area contributed by atoms with Gasteiger partial charge in [-0.2, -0.15) is 0 Å². The highest BCUT2D eigenvalue weighted by atomic mass is 16.4. The van der Waals surface area contributed by atoms with E-state index < -0.39 is 5.97 Å². The third kappa shape index (κ3) is 11.4. The maximum Gasteiger partial charge on any atom is 0.303 e. The van der Waals surface area contributed by atoms with Gasteiger partial charge in [-0.3, -0.25) is 4.79 Å². The zero-order valence-electron chi connectivity index (χ0n) is 10.3. The van der Waals surface area contributed by atoms with Gasteiger partial charge < -0.3 is 5.11 Å². The summed E-state index contributed by atoms with van der Waals surface area (Å²) in [5, 5.41) is 8.48. The van der Waals surface area contributed by atoms with E-state index in [9.17, 15) is 4.79 Å². The molecule has 1 unspecified atom stereocenters. The fourth-order valence-electron chi connectivity index (χ4n) is 1.83. The average Bonchev–Trinajstić information content (AvgIpc) is 2.19. The van der Waals surface area contributed by atoms with Gasteiger partial charge >= 0.3 is 5.97 Å². The van der Waals surface area contributed by atoms with Gasteiger partial charge in [-0.05, 0) is 12.3 Å². The van der Waals surface area contributed by atoms with Crippen molar-refractivity contribution in [2.75, 3.05) is 0 Å². The molecule has 0 aromatic carbocycles. The molecule has 0 saturated heterocycles. The van der Waals surface area contributed by atoms with Crippen molar-refractivity contribution in [3.05, 3.63) is 0 Å². The Kier molecular flexibility index (Phi) is 9.65. The first kappa shape index (κ1) is 14.5. The number of aliphatic carboxylic acids is 1. The van der Waals surface area contributed by atoms with Gasteiger partial charge in [0.05, 0.1) is 0 Å². The Morgan fingerprint density at radius 1 is 1.07 bits per heavy atom. The lowest BCUT2D eigenvalue weighted by molar-refractivity contribution is -0.137. The van der Waals surface area contributed by atoms with Crippen molar-refractivity contribution in [1.82, 2.24) is 0 Å². The lowest BCUT2D eigenvalue weighted by atomic mass is 9.97. The van der Waals surface area contributed by atoms with Crippen LogP contribution in [0.5, 0.6) is 0 Å². The van der Waals surface area contributed by atoms with Crippen molar-refractivity contribution in [3.8, 4) is 0 Å². The molecule has 2 heteroatoms. The van der Waals surface area contributed by atoms with Gasteiger partial charge in [0.25, 0.3) is 0 Å². The molecule has 90 valence electrons. The second-order valence-electron chi connectivity index (χ2n) is 4.59. The van der Waals surface area contributed by atoms with Crippen LogP contribution in [0.1, 0.15) is 71.6 Å². The zero-order valence-corrected chi connectivity index (χ0v) is 10.3. The number of hydrogen-bond acceptors (Lipinski definition) is 1. The van der Waals surface area contributed by atoms with E-state index in [4.69, 9.17) is 5.11 Å². The normalized spacial score (nSPS) is 12.7. The van der Waals surface area contributed by atoms with E-state index in [0.29, 0.717) is 6.42 Å². The first-order valence-corrected chi connectivity index (χ1v) is 6.38. The highest BCUT2D eigenvalue weighted by Crippen LogP contribution is 2.16. The molecule has 0 spiro atoms. The third-order valence-corrected chi connectivity index (χ3v) is 2.89. The largest absolute Gasteiger partial charge is 0.481 e. The van der Waals surface area contributed by atoms with E-state index in [0.717, 1.165) is 18.8 Å². The van der Waals surface area contributed by atoms with Crippen molar-refractivity contribution >= 4 is 5.97 Å². The van der Waals surface area contributed by atoms with Crippen molar-refractivity contribution in [3.63, 3.8) is 0 Å². The minimum Gasteiger partial charge on any atom is -0.481 e. The molecule has 0 aliphatic carbocycles. The van der Waals surface area contributed by atoms with E-state index in [1.807, 2.05) is 0 Å². The number of unbranched alkanes of at least 4 members (excludes halogenated alkanes) is 4. The maximum absolute atomic E-state index is 10.3. The van der Waals surface area contributed by atoms with E-state index in [-0.39, 0.29) is 0 Å². The highest BCUT2D eigenvalue weighted by Gasteiger charge is 2.03.